The Morgan fingerprint density at radius 1 is 0.370 bits per heavy atom. The molecule has 0 unspecified atom stereocenters. The fraction of sp³-hybridized carbons (Fsp3) is 0.0211. The number of fused-ring (bicyclic) bond motifs is 14. The Kier molecular flexibility index (Phi) is 19.0. The van der Waals surface area contributed by atoms with E-state index in [1.165, 1.54) is 122 Å². The van der Waals surface area contributed by atoms with Gasteiger partial charge in [-0.15, -0.1) is 12.1 Å². The third-order valence-electron chi connectivity index (χ3n) is 19.6. The molecule has 0 aliphatic rings. The number of hydrogen-bond acceptors (Lipinski definition) is 5. The first-order chi connectivity index (χ1) is 52.6. The first-order valence-electron chi connectivity index (χ1n) is 35.2. The van der Waals surface area contributed by atoms with Crippen LogP contribution in [-0.4, -0.2) is 49.3 Å². The van der Waals surface area contributed by atoms with Gasteiger partial charge in [0.05, 0.1) is 38.6 Å². The maximum Gasteiger partial charge on any atom is 0.354 e. The smallest absolute Gasteiger partial charge is 0.354 e. The third-order valence-corrected chi connectivity index (χ3v) is 19.6. The van der Waals surface area contributed by atoms with Crippen molar-refractivity contribution < 1.29 is 38.8 Å². The number of aromatic nitrogens is 8. The molecule has 0 saturated carbocycles. The van der Waals surface area contributed by atoms with E-state index in [2.05, 4.69) is 274 Å². The molecule has 0 bridgehead atoms. The van der Waals surface area contributed by atoms with Crippen LogP contribution in [0.5, 0.6) is 0 Å². The summed E-state index contributed by atoms with van der Waals surface area (Å²) in [4.78, 5) is 28.6. The van der Waals surface area contributed by atoms with Crippen LogP contribution >= 0.6 is 0 Å². The zero-order valence-electron chi connectivity index (χ0n) is 58.4. The number of rotatable bonds is 9. The zero-order chi connectivity index (χ0) is 72.5. The Labute approximate surface area is 634 Å². The van der Waals surface area contributed by atoms with Crippen molar-refractivity contribution in [1.82, 2.24) is 38.2 Å². The molecule has 521 valence electrons. The monoisotopic (exact) mass is 1580 g/mol. The van der Waals surface area contributed by atoms with Crippen molar-refractivity contribution in [3.63, 3.8) is 0 Å². The van der Waals surface area contributed by atoms with Gasteiger partial charge in [0.25, 0.3) is 0 Å². The third kappa shape index (κ3) is 12.8. The van der Waals surface area contributed by atoms with Crippen LogP contribution in [0.1, 0.15) is 21.7 Å². The number of carboxylic acids is 1. The van der Waals surface area contributed by atoms with Gasteiger partial charge in [0.15, 0.2) is 17.5 Å². The number of aryl methyl sites for hydroxylation is 1. The molecule has 0 saturated heterocycles. The van der Waals surface area contributed by atoms with Gasteiger partial charge in [-0.25, -0.2) is 30.3 Å². The first-order valence-corrected chi connectivity index (χ1v) is 35.2. The number of carbonyl (C=O) groups is 1. The van der Waals surface area contributed by atoms with E-state index in [1.54, 1.807) is 36.4 Å². The van der Waals surface area contributed by atoms with E-state index in [-0.39, 0.29) is 31.4 Å². The molecule has 14 aromatic carbocycles. The van der Waals surface area contributed by atoms with Crippen molar-refractivity contribution in [3.05, 3.63) is 387 Å². The molecule has 13 heteroatoms. The second-order valence-electron chi connectivity index (χ2n) is 25.9. The van der Waals surface area contributed by atoms with Crippen molar-refractivity contribution in [3.8, 4) is 68.0 Å². The molecule has 0 spiro atoms. The van der Waals surface area contributed by atoms with Gasteiger partial charge in [-0.3, -0.25) is 8.78 Å². The molecule has 0 aliphatic heterocycles. The maximum atomic E-state index is 13.2. The van der Waals surface area contributed by atoms with Crippen LogP contribution in [0.15, 0.2) is 346 Å². The quantitative estimate of drug-likeness (QED) is 0.144. The van der Waals surface area contributed by atoms with E-state index >= 15 is 0 Å². The Bertz CT molecular complexity index is 6480. The number of pyridine rings is 1. The second-order valence-corrected chi connectivity index (χ2v) is 25.9. The Morgan fingerprint density at radius 3 is 1.29 bits per heavy atom. The van der Waals surface area contributed by atoms with Crippen molar-refractivity contribution in [2.75, 3.05) is 0 Å². The van der Waals surface area contributed by atoms with Crippen LogP contribution in [0.25, 0.3) is 155 Å². The number of carboxylic acid groups (broad SMARTS) is 1. The second kappa shape index (κ2) is 29.9. The molecule has 0 amide bonds. The summed E-state index contributed by atoms with van der Waals surface area (Å²) in [6.45, 7) is 4.44. The van der Waals surface area contributed by atoms with E-state index in [1.807, 2.05) is 60.7 Å². The SMILES string of the molecule is Cc1c(C)n(-c2ccccc2)c2cc3c4ccccc4n(-c4cccc(-c5nc(-c6ccccc6)nc(-c6ccccc6)n5)c4)c3cc12.Fc1c[c-]c(-c2[c-]cccc2)c(F)c1.O=C(O)c1ccccn1.[Ir].c1ccc(-n2c3ccccc3c3c4ccccc4c4c5ccccc5n(-c5ccccc5)c4c32)cc1. The standard InChI is InChI=1S/C43H31N5.C34H22N2.C12H6F2.C6H5NO2.Ir/c1-28-29(2)47(33-20-10-5-11-21-33)39-27-37-35-23-12-13-24-38(35)48(40(37)26-36(28)39)34-22-14-19-32(25-34)43-45-41(30-15-6-3-7-16-30)44-42(46-43)31-17-8-4-9-18-31;1-3-13-23(14-4-1)35-29-21-11-9-19-27(29)31-25-17-7-8-18-26(25)32-28-20-10-12-22-30(28)36(34(32)33(31)35)24-15-5-2-6-16-24;13-10-6-7-11(12(14)8-10)9-4-2-1-3-5-9;8-6(9)5-3-1-2-4-7-5;/h3-27H,1-2H3;1-22H;1-4,6,8H;1-4H,(H,8,9);/q;;-2;;. The van der Waals surface area contributed by atoms with E-state index in [0.717, 1.165) is 40.0 Å². The van der Waals surface area contributed by atoms with Crippen LogP contribution in [0.3, 0.4) is 0 Å². The normalized spacial score (nSPS) is 11.1. The summed E-state index contributed by atoms with van der Waals surface area (Å²) in [7, 11) is 0. The summed E-state index contributed by atoms with van der Waals surface area (Å²) in [5.41, 5.74) is 19.3. The van der Waals surface area contributed by atoms with Crippen LogP contribution in [0.2, 0.25) is 0 Å². The van der Waals surface area contributed by atoms with E-state index < -0.39 is 17.6 Å². The summed E-state index contributed by atoms with van der Waals surface area (Å²) in [5.74, 6) is -0.292. The number of halogens is 2. The molecule has 0 fully saturated rings. The minimum Gasteiger partial charge on any atom is -0.477 e. The average molecular weight is 1580 g/mol. The Balaban J connectivity index is 0.000000129. The minimum absolute atomic E-state index is 0. The fourth-order valence-electron chi connectivity index (χ4n) is 14.7. The molecule has 10 nitrogen and oxygen atoms in total. The van der Waals surface area contributed by atoms with Crippen LogP contribution in [0.4, 0.5) is 8.78 Å². The van der Waals surface area contributed by atoms with Crippen LogP contribution < -0.4 is 0 Å². The van der Waals surface area contributed by atoms with E-state index in [4.69, 9.17) is 20.1 Å². The first kappa shape index (κ1) is 68.8. The van der Waals surface area contributed by atoms with Gasteiger partial charge in [-0.1, -0.05) is 218 Å². The van der Waals surface area contributed by atoms with Gasteiger partial charge in [0.1, 0.15) is 5.69 Å². The molecule has 6 heterocycles. The molecule has 108 heavy (non-hydrogen) atoms. The topological polar surface area (TPSA) is 109 Å². The predicted octanol–water partition coefficient (Wildman–Crippen LogP) is 23.6. The Morgan fingerprint density at radius 2 is 0.796 bits per heavy atom. The number of nitrogens with zero attached hydrogens (tertiary/aromatic N) is 8. The number of para-hydroxylation sites is 6. The summed E-state index contributed by atoms with van der Waals surface area (Å²) >= 11 is 0. The molecule has 1 radical (unpaired) electrons. The maximum absolute atomic E-state index is 13.2. The molecule has 0 atom stereocenters. The van der Waals surface area contributed by atoms with Gasteiger partial charge in [-0.05, 0) is 127 Å². The van der Waals surface area contributed by atoms with Gasteiger partial charge >= 0.3 is 5.97 Å². The summed E-state index contributed by atoms with van der Waals surface area (Å²) < 4.78 is 35.5. The number of hydrogen-bond donors (Lipinski definition) is 1. The van der Waals surface area contributed by atoms with Gasteiger partial charge in [-0.2, -0.15) is 35.9 Å². The largest absolute Gasteiger partial charge is 0.477 e. The number of benzene rings is 14. The molecule has 1 N–H and O–H groups in total. The molecule has 0 aliphatic carbocycles. The van der Waals surface area contributed by atoms with E-state index in [0.29, 0.717) is 23.0 Å². The van der Waals surface area contributed by atoms with Crippen molar-refractivity contribution >= 4 is 93.1 Å². The van der Waals surface area contributed by atoms with Gasteiger partial charge < -0.3 is 23.4 Å². The van der Waals surface area contributed by atoms with Crippen molar-refractivity contribution in [1.29, 1.82) is 0 Å². The summed E-state index contributed by atoms with van der Waals surface area (Å²) in [6.07, 6.45) is 1.45. The summed E-state index contributed by atoms with van der Waals surface area (Å²) in [6, 6.07) is 120. The van der Waals surface area contributed by atoms with E-state index in [9.17, 15) is 13.6 Å². The molecule has 20 rings (SSSR count). The fourth-order valence-corrected chi connectivity index (χ4v) is 14.7. The van der Waals surface area contributed by atoms with Crippen LogP contribution in [-0.2, 0) is 20.1 Å². The molecule has 6 aromatic heterocycles. The van der Waals surface area contributed by atoms with Crippen LogP contribution in [0, 0.1) is 37.6 Å². The zero-order valence-corrected chi connectivity index (χ0v) is 60.8. The molecule has 20 aromatic rings. The van der Waals surface area contributed by atoms with Crippen molar-refractivity contribution in [2.24, 2.45) is 0 Å². The Hall–Kier alpha value is -13.6. The minimum atomic E-state index is -0.990. The van der Waals surface area contributed by atoms with Gasteiger partial charge in [0, 0.05) is 115 Å². The van der Waals surface area contributed by atoms with Gasteiger partial charge in [0.2, 0.25) is 0 Å². The summed E-state index contributed by atoms with van der Waals surface area (Å²) in [5, 5.41) is 19.8. The molecular formula is C95H64F2IrN8O2-2. The predicted molar refractivity (Wildman–Crippen MR) is 430 cm³/mol. The molecular weight excluding hydrogens is 1520 g/mol. The number of aromatic carboxylic acids is 1. The average Bonchev–Trinajstić information content (AvgIpc) is 1.51. The van der Waals surface area contributed by atoms with Crippen molar-refractivity contribution in [2.45, 2.75) is 13.8 Å².